The number of sulfone groups is 1. The summed E-state index contributed by atoms with van der Waals surface area (Å²) in [6.45, 7) is 5.52. The summed E-state index contributed by atoms with van der Waals surface area (Å²) in [7, 11) is -7.93. The fourth-order valence-electron chi connectivity index (χ4n) is 4.01. The van der Waals surface area contributed by atoms with Crippen LogP contribution in [0, 0.1) is 20.8 Å². The SMILES string of the molecule is Cc1ccc(SC(CN(C/C=C/c2ccccc2)S(=O)(=O)c2ccc(C)cc2)S(=O)(=O)c2ccc(C)cc2)cc1. The molecule has 0 spiro atoms. The molecule has 0 N–H and O–H groups in total. The van der Waals surface area contributed by atoms with Gasteiger partial charge in [-0.1, -0.05) is 95.6 Å². The molecule has 5 nitrogen and oxygen atoms in total. The van der Waals surface area contributed by atoms with Crippen LogP contribution in [0.1, 0.15) is 22.3 Å². The number of hydrogen-bond acceptors (Lipinski definition) is 5. The third kappa shape index (κ3) is 7.52. The summed E-state index contributed by atoms with van der Waals surface area (Å²) < 4.78 is 56.0. The molecule has 0 saturated heterocycles. The molecular weight excluding hydrogens is 559 g/mol. The van der Waals surface area contributed by atoms with Gasteiger partial charge in [0, 0.05) is 18.0 Å². The van der Waals surface area contributed by atoms with E-state index in [1.807, 2.05) is 81.4 Å². The summed E-state index contributed by atoms with van der Waals surface area (Å²) in [6, 6.07) is 30.4. The topological polar surface area (TPSA) is 71.5 Å². The predicted octanol–water partition coefficient (Wildman–Crippen LogP) is 6.91. The molecule has 0 amide bonds. The first-order chi connectivity index (χ1) is 19.1. The van der Waals surface area contributed by atoms with E-state index in [0.717, 1.165) is 38.9 Å². The highest BCUT2D eigenvalue weighted by Gasteiger charge is 2.35. The fourth-order valence-corrected chi connectivity index (χ4v) is 8.83. The molecule has 0 radical (unpaired) electrons. The Balaban J connectivity index is 1.75. The van der Waals surface area contributed by atoms with Gasteiger partial charge in [-0.2, -0.15) is 4.31 Å². The second-order valence-electron chi connectivity index (χ2n) is 9.67. The van der Waals surface area contributed by atoms with Crippen LogP contribution in [0.3, 0.4) is 0 Å². The van der Waals surface area contributed by atoms with Crippen molar-refractivity contribution in [3.05, 3.63) is 131 Å². The predicted molar refractivity (Wildman–Crippen MR) is 165 cm³/mol. The third-order valence-electron chi connectivity index (χ3n) is 6.41. The van der Waals surface area contributed by atoms with E-state index in [1.54, 1.807) is 54.6 Å². The number of thioether (sulfide) groups is 1. The van der Waals surface area contributed by atoms with Crippen molar-refractivity contribution in [2.45, 2.75) is 40.0 Å². The highest BCUT2D eigenvalue weighted by atomic mass is 32.3. The van der Waals surface area contributed by atoms with Gasteiger partial charge in [0.25, 0.3) is 0 Å². The van der Waals surface area contributed by atoms with Crippen molar-refractivity contribution in [2.75, 3.05) is 13.1 Å². The second kappa shape index (κ2) is 13.0. The van der Waals surface area contributed by atoms with Crippen molar-refractivity contribution in [3.8, 4) is 0 Å². The van der Waals surface area contributed by atoms with E-state index in [9.17, 15) is 16.8 Å². The number of hydrogen-bond donors (Lipinski definition) is 0. The van der Waals surface area contributed by atoms with Crippen LogP contribution in [0.25, 0.3) is 6.08 Å². The number of aryl methyl sites for hydroxylation is 3. The van der Waals surface area contributed by atoms with Crippen molar-refractivity contribution < 1.29 is 16.8 Å². The Kier molecular flexibility index (Phi) is 9.68. The molecule has 0 saturated carbocycles. The monoisotopic (exact) mass is 591 g/mol. The highest BCUT2D eigenvalue weighted by Crippen LogP contribution is 2.33. The van der Waals surface area contributed by atoms with Gasteiger partial charge < -0.3 is 0 Å². The quantitative estimate of drug-likeness (QED) is 0.177. The Morgan fingerprint density at radius 3 is 1.73 bits per heavy atom. The molecule has 208 valence electrons. The average Bonchev–Trinajstić information content (AvgIpc) is 2.94. The molecule has 0 aliphatic heterocycles. The van der Waals surface area contributed by atoms with Crippen LogP contribution in [-0.4, -0.2) is 38.8 Å². The van der Waals surface area contributed by atoms with Crippen molar-refractivity contribution in [3.63, 3.8) is 0 Å². The van der Waals surface area contributed by atoms with E-state index >= 15 is 0 Å². The molecule has 0 bridgehead atoms. The molecule has 4 aromatic rings. The van der Waals surface area contributed by atoms with E-state index in [4.69, 9.17) is 0 Å². The Labute approximate surface area is 242 Å². The minimum Gasteiger partial charge on any atom is -0.222 e. The maximum atomic E-state index is 14.0. The average molecular weight is 592 g/mol. The molecule has 8 heteroatoms. The van der Waals surface area contributed by atoms with Gasteiger partial charge in [0.1, 0.15) is 4.58 Å². The number of sulfonamides is 1. The molecule has 0 heterocycles. The molecule has 0 fully saturated rings. The van der Waals surface area contributed by atoms with Crippen LogP contribution in [-0.2, 0) is 19.9 Å². The van der Waals surface area contributed by atoms with E-state index < -0.39 is 24.4 Å². The molecule has 1 unspecified atom stereocenters. The first-order valence-corrected chi connectivity index (χ1v) is 16.7. The first kappa shape index (κ1) is 29.8. The van der Waals surface area contributed by atoms with E-state index in [-0.39, 0.29) is 22.9 Å². The standard InChI is InChI=1S/C32H33NO4S3/c1-25-11-17-29(18-12-25)38-32(39(34,35)30-19-13-26(2)14-20-30)24-33(23-7-10-28-8-5-4-6-9-28)40(36,37)31-21-15-27(3)16-22-31/h4-22,32H,23-24H2,1-3H3/b10-7+. The minimum atomic E-state index is -4.01. The number of benzene rings is 4. The lowest BCUT2D eigenvalue weighted by molar-refractivity contribution is 0.453. The van der Waals surface area contributed by atoms with E-state index in [1.165, 1.54) is 4.31 Å². The summed E-state index contributed by atoms with van der Waals surface area (Å²) in [5.74, 6) is 0. The van der Waals surface area contributed by atoms with Gasteiger partial charge in [-0.15, -0.1) is 11.8 Å². The zero-order valence-electron chi connectivity index (χ0n) is 22.8. The molecule has 40 heavy (non-hydrogen) atoms. The summed E-state index contributed by atoms with van der Waals surface area (Å²) in [5.41, 5.74) is 3.85. The highest BCUT2D eigenvalue weighted by molar-refractivity contribution is 8.13. The smallest absolute Gasteiger partial charge is 0.222 e. The van der Waals surface area contributed by atoms with Crippen molar-refractivity contribution in [1.29, 1.82) is 0 Å². The van der Waals surface area contributed by atoms with Crippen LogP contribution in [0.2, 0.25) is 0 Å². The normalized spacial score (nSPS) is 13.1. The Morgan fingerprint density at radius 2 is 1.18 bits per heavy atom. The minimum absolute atomic E-state index is 0.0134. The molecule has 0 aliphatic carbocycles. The Hall–Kier alpha value is -3.17. The van der Waals surface area contributed by atoms with Crippen LogP contribution < -0.4 is 0 Å². The van der Waals surface area contributed by atoms with Crippen molar-refractivity contribution in [2.24, 2.45) is 0 Å². The Bertz CT molecular complexity index is 1650. The summed E-state index contributed by atoms with van der Waals surface area (Å²) in [4.78, 5) is 1.03. The van der Waals surface area contributed by atoms with Crippen LogP contribution in [0.5, 0.6) is 0 Å². The lowest BCUT2D eigenvalue weighted by atomic mass is 10.2. The maximum absolute atomic E-state index is 14.0. The largest absolute Gasteiger partial charge is 0.243 e. The van der Waals surface area contributed by atoms with Crippen LogP contribution in [0.15, 0.2) is 124 Å². The molecule has 1 atom stereocenters. The van der Waals surface area contributed by atoms with Gasteiger partial charge in [-0.25, -0.2) is 16.8 Å². The summed E-state index contributed by atoms with van der Waals surface area (Å²) >= 11 is 1.16. The lowest BCUT2D eigenvalue weighted by Gasteiger charge is -2.26. The van der Waals surface area contributed by atoms with E-state index in [2.05, 4.69) is 0 Å². The van der Waals surface area contributed by atoms with Crippen LogP contribution >= 0.6 is 11.8 Å². The molecule has 4 aromatic carbocycles. The van der Waals surface area contributed by atoms with Gasteiger partial charge in [0.2, 0.25) is 10.0 Å². The fraction of sp³-hybridized carbons (Fsp3) is 0.188. The first-order valence-electron chi connectivity index (χ1n) is 12.9. The number of nitrogens with zero attached hydrogens (tertiary/aromatic N) is 1. The zero-order valence-corrected chi connectivity index (χ0v) is 25.2. The molecular formula is C32H33NO4S3. The third-order valence-corrected chi connectivity index (χ3v) is 12.0. The van der Waals surface area contributed by atoms with Gasteiger partial charge in [-0.3, -0.25) is 0 Å². The van der Waals surface area contributed by atoms with Gasteiger partial charge in [0.15, 0.2) is 9.84 Å². The second-order valence-corrected chi connectivity index (χ2v) is 15.3. The summed E-state index contributed by atoms with van der Waals surface area (Å²) in [6.07, 6.45) is 3.60. The molecule has 4 rings (SSSR count). The van der Waals surface area contributed by atoms with E-state index in [0.29, 0.717) is 0 Å². The van der Waals surface area contributed by atoms with Crippen LogP contribution in [0.4, 0.5) is 0 Å². The van der Waals surface area contributed by atoms with Gasteiger partial charge in [-0.05, 0) is 62.7 Å². The Morgan fingerprint density at radius 1 is 0.675 bits per heavy atom. The molecule has 0 aromatic heterocycles. The zero-order chi connectivity index (χ0) is 28.8. The van der Waals surface area contributed by atoms with Gasteiger partial charge in [0.05, 0.1) is 9.79 Å². The summed E-state index contributed by atoms with van der Waals surface area (Å²) in [5, 5.41) is 0. The lowest BCUT2D eigenvalue weighted by Crippen LogP contribution is -2.39. The van der Waals surface area contributed by atoms with Crippen molar-refractivity contribution >= 4 is 37.7 Å². The number of rotatable bonds is 11. The van der Waals surface area contributed by atoms with Crippen molar-refractivity contribution in [1.82, 2.24) is 4.31 Å². The van der Waals surface area contributed by atoms with Gasteiger partial charge >= 0.3 is 0 Å². The maximum Gasteiger partial charge on any atom is 0.243 e. The molecule has 0 aliphatic rings.